The molecule has 0 aliphatic carbocycles. The van der Waals surface area contributed by atoms with Gasteiger partial charge >= 0.3 is 0 Å². The van der Waals surface area contributed by atoms with Crippen LogP contribution in [0.2, 0.25) is 0 Å². The first-order valence-corrected chi connectivity index (χ1v) is 9.10. The van der Waals surface area contributed by atoms with E-state index >= 15 is 0 Å². The number of fused-ring (bicyclic) bond motifs is 1. The smallest absolute Gasteiger partial charge is 0.298 e. The Bertz CT molecular complexity index is 975. The summed E-state index contributed by atoms with van der Waals surface area (Å²) in [5.41, 5.74) is 3.20. The molecule has 0 saturated carbocycles. The summed E-state index contributed by atoms with van der Waals surface area (Å²) in [4.78, 5) is 19.3. The molecule has 3 aromatic rings. The van der Waals surface area contributed by atoms with Crippen molar-refractivity contribution >= 4 is 32.6 Å². The predicted octanol–water partition coefficient (Wildman–Crippen LogP) is 3.93. The van der Waals surface area contributed by atoms with Crippen LogP contribution in [0.15, 0.2) is 47.0 Å². The van der Waals surface area contributed by atoms with Crippen molar-refractivity contribution in [2.75, 3.05) is 18.1 Å². The van der Waals surface area contributed by atoms with E-state index in [-0.39, 0.29) is 18.2 Å². The monoisotopic (exact) mass is 370 g/mol. The van der Waals surface area contributed by atoms with Gasteiger partial charge in [0.2, 0.25) is 5.76 Å². The highest BCUT2D eigenvalue weighted by Crippen LogP contribution is 2.33. The van der Waals surface area contributed by atoms with E-state index in [4.69, 9.17) is 18.9 Å². The molecule has 134 valence electrons. The van der Waals surface area contributed by atoms with Gasteiger partial charge in [0.15, 0.2) is 5.13 Å². The molecule has 1 aromatic carbocycles. The zero-order valence-corrected chi connectivity index (χ0v) is 15.3. The van der Waals surface area contributed by atoms with Gasteiger partial charge in [0.25, 0.3) is 5.91 Å². The summed E-state index contributed by atoms with van der Waals surface area (Å²) in [5, 5.41) is 0.602. The van der Waals surface area contributed by atoms with Crippen LogP contribution in [0.1, 0.15) is 16.9 Å². The number of hydrogen-bond acceptors (Lipinski definition) is 6. The second-order valence-corrected chi connectivity index (χ2v) is 7.03. The molecule has 0 spiro atoms. The van der Waals surface area contributed by atoms with Gasteiger partial charge in [-0.05, 0) is 43.2 Å². The highest BCUT2D eigenvalue weighted by Gasteiger charge is 2.27. The number of amides is 1. The molecule has 0 radical (unpaired) electrons. The molecule has 0 atom stereocenters. The molecule has 0 saturated heterocycles. The van der Waals surface area contributed by atoms with Gasteiger partial charge in [-0.15, -0.1) is 0 Å². The van der Waals surface area contributed by atoms with Crippen LogP contribution in [0.4, 0.5) is 5.13 Å². The average Bonchev–Trinajstić information content (AvgIpc) is 3.33. The number of furan rings is 1. The SMILES string of the molecule is Cc1ccc2sc(N(Cc3ccco3)C(=O)C3=COCCO3)nc2c1C. The molecule has 1 amide bonds. The minimum absolute atomic E-state index is 0.176. The first-order valence-electron chi connectivity index (χ1n) is 8.29. The Morgan fingerprint density at radius 2 is 2.15 bits per heavy atom. The topological polar surface area (TPSA) is 64.8 Å². The minimum Gasteiger partial charge on any atom is -0.494 e. The number of anilines is 1. The third-order valence-electron chi connectivity index (χ3n) is 4.30. The van der Waals surface area contributed by atoms with Gasteiger partial charge in [0.05, 0.1) is 23.0 Å². The van der Waals surface area contributed by atoms with E-state index in [1.165, 1.54) is 23.2 Å². The number of aryl methyl sites for hydroxylation is 2. The lowest BCUT2D eigenvalue weighted by Gasteiger charge is -2.22. The third-order valence-corrected chi connectivity index (χ3v) is 5.35. The van der Waals surface area contributed by atoms with Gasteiger partial charge in [-0.1, -0.05) is 17.4 Å². The molecule has 3 heterocycles. The highest BCUT2D eigenvalue weighted by atomic mass is 32.1. The number of hydrogen-bond donors (Lipinski definition) is 0. The zero-order chi connectivity index (χ0) is 18.1. The van der Waals surface area contributed by atoms with Crippen LogP contribution in [-0.2, 0) is 20.8 Å². The normalized spacial score (nSPS) is 13.8. The van der Waals surface area contributed by atoms with Gasteiger partial charge in [0.1, 0.15) is 25.2 Å². The summed E-state index contributed by atoms with van der Waals surface area (Å²) in [6.07, 6.45) is 2.95. The molecule has 2 aromatic heterocycles. The number of thiazole rings is 1. The second kappa shape index (κ2) is 6.84. The van der Waals surface area contributed by atoms with Crippen LogP contribution >= 0.6 is 11.3 Å². The molecule has 6 nitrogen and oxygen atoms in total. The number of rotatable bonds is 4. The standard InChI is InChI=1S/C19H18N2O4S/c1-12-5-6-16-17(13(12)2)20-19(26-16)21(10-14-4-3-7-24-14)18(22)15-11-23-8-9-25-15/h3-7,11H,8-10H2,1-2H3. The molecular formula is C19H18N2O4S. The maximum Gasteiger partial charge on any atom is 0.298 e. The average molecular weight is 370 g/mol. The molecule has 0 N–H and O–H groups in total. The summed E-state index contributed by atoms with van der Waals surface area (Å²) in [5.74, 6) is 0.548. The van der Waals surface area contributed by atoms with E-state index in [1.807, 2.05) is 19.1 Å². The molecule has 0 bridgehead atoms. The van der Waals surface area contributed by atoms with Crippen LogP contribution in [0.5, 0.6) is 0 Å². The molecule has 0 unspecified atom stereocenters. The largest absolute Gasteiger partial charge is 0.494 e. The van der Waals surface area contributed by atoms with Gasteiger partial charge in [0, 0.05) is 0 Å². The molecule has 7 heteroatoms. The first kappa shape index (κ1) is 16.7. The van der Waals surface area contributed by atoms with Crippen LogP contribution < -0.4 is 4.90 Å². The third kappa shape index (κ3) is 3.06. The lowest BCUT2D eigenvalue weighted by molar-refractivity contribution is -0.120. The number of carbonyl (C=O) groups excluding carboxylic acids is 1. The molecule has 1 aliphatic rings. The van der Waals surface area contributed by atoms with E-state index in [0.29, 0.717) is 24.1 Å². The molecule has 26 heavy (non-hydrogen) atoms. The van der Waals surface area contributed by atoms with Gasteiger partial charge in [-0.2, -0.15) is 0 Å². The van der Waals surface area contributed by atoms with E-state index in [0.717, 1.165) is 15.8 Å². The van der Waals surface area contributed by atoms with Crippen molar-refractivity contribution in [3.05, 3.63) is 59.4 Å². The van der Waals surface area contributed by atoms with Crippen molar-refractivity contribution in [3.63, 3.8) is 0 Å². The molecule has 4 rings (SSSR count). The Hall–Kier alpha value is -2.80. The van der Waals surface area contributed by atoms with Crippen molar-refractivity contribution < 1.29 is 18.7 Å². The van der Waals surface area contributed by atoms with E-state index in [9.17, 15) is 4.79 Å². The number of aromatic nitrogens is 1. The summed E-state index contributed by atoms with van der Waals surface area (Å²) in [6, 6.07) is 7.73. The number of benzene rings is 1. The maximum absolute atomic E-state index is 13.0. The predicted molar refractivity (Wildman–Crippen MR) is 99.0 cm³/mol. The van der Waals surface area contributed by atoms with Crippen molar-refractivity contribution in [3.8, 4) is 0 Å². The van der Waals surface area contributed by atoms with Crippen molar-refractivity contribution in [2.45, 2.75) is 20.4 Å². The summed E-state index contributed by atoms with van der Waals surface area (Å²) < 4.78 is 17.2. The van der Waals surface area contributed by atoms with E-state index < -0.39 is 0 Å². The Morgan fingerprint density at radius 1 is 1.27 bits per heavy atom. The van der Waals surface area contributed by atoms with Crippen LogP contribution in [-0.4, -0.2) is 24.1 Å². The van der Waals surface area contributed by atoms with Crippen molar-refractivity contribution in [1.82, 2.24) is 4.98 Å². The van der Waals surface area contributed by atoms with Crippen LogP contribution in [0, 0.1) is 13.8 Å². The molecule has 1 aliphatic heterocycles. The minimum atomic E-state index is -0.297. The van der Waals surface area contributed by atoms with E-state index in [2.05, 4.69) is 13.0 Å². The lowest BCUT2D eigenvalue weighted by atomic mass is 10.1. The Balaban J connectivity index is 1.75. The molecule has 0 fully saturated rings. The second-order valence-electron chi connectivity index (χ2n) is 6.02. The fourth-order valence-corrected chi connectivity index (χ4v) is 3.75. The zero-order valence-electron chi connectivity index (χ0n) is 14.5. The van der Waals surface area contributed by atoms with Crippen LogP contribution in [0.25, 0.3) is 10.2 Å². The molecular weight excluding hydrogens is 352 g/mol. The summed E-state index contributed by atoms with van der Waals surface area (Å²) in [7, 11) is 0. The Kier molecular flexibility index (Phi) is 4.38. The quantitative estimate of drug-likeness (QED) is 0.696. The maximum atomic E-state index is 13.0. The fourth-order valence-electron chi connectivity index (χ4n) is 2.73. The number of nitrogens with zero attached hydrogens (tertiary/aromatic N) is 2. The Morgan fingerprint density at radius 3 is 2.88 bits per heavy atom. The summed E-state index contributed by atoms with van der Waals surface area (Å²) in [6.45, 7) is 5.15. The fraction of sp³-hybridized carbons (Fsp3) is 0.263. The van der Waals surface area contributed by atoms with Crippen molar-refractivity contribution in [2.24, 2.45) is 0 Å². The van der Waals surface area contributed by atoms with E-state index in [1.54, 1.807) is 17.2 Å². The summed E-state index contributed by atoms with van der Waals surface area (Å²) >= 11 is 1.47. The Labute approximate surface area is 154 Å². The number of ether oxygens (including phenoxy) is 2. The number of carbonyl (C=O) groups is 1. The lowest BCUT2D eigenvalue weighted by Crippen LogP contribution is -2.33. The van der Waals surface area contributed by atoms with Gasteiger partial charge < -0.3 is 13.9 Å². The van der Waals surface area contributed by atoms with Gasteiger partial charge in [-0.3, -0.25) is 9.69 Å². The first-order chi connectivity index (χ1) is 12.6. The van der Waals surface area contributed by atoms with Crippen LogP contribution in [0.3, 0.4) is 0 Å². The van der Waals surface area contributed by atoms with Crippen molar-refractivity contribution in [1.29, 1.82) is 0 Å². The highest BCUT2D eigenvalue weighted by molar-refractivity contribution is 7.22. The van der Waals surface area contributed by atoms with Gasteiger partial charge in [-0.25, -0.2) is 4.98 Å².